The summed E-state index contributed by atoms with van der Waals surface area (Å²) in [4.78, 5) is 34.5. The van der Waals surface area contributed by atoms with Crippen LogP contribution in [0.15, 0.2) is 48.5 Å². The van der Waals surface area contributed by atoms with E-state index in [4.69, 9.17) is 16.3 Å². The molecule has 9 heteroatoms. The van der Waals surface area contributed by atoms with Gasteiger partial charge in [0.2, 0.25) is 0 Å². The number of nitro groups is 1. The maximum Gasteiger partial charge on any atom is 0.348 e. The first kappa shape index (κ1) is 17.8. The Labute approximate surface area is 156 Å². The van der Waals surface area contributed by atoms with Crippen LogP contribution in [0.25, 0.3) is 10.1 Å². The molecule has 1 heterocycles. The molecule has 1 N–H and O–H groups in total. The summed E-state index contributed by atoms with van der Waals surface area (Å²) in [5, 5.41) is 14.5. The van der Waals surface area contributed by atoms with Gasteiger partial charge in [-0.25, -0.2) is 4.79 Å². The van der Waals surface area contributed by atoms with Gasteiger partial charge in [0.05, 0.1) is 4.92 Å². The quantitative estimate of drug-likeness (QED) is 0.398. The molecule has 0 radical (unpaired) electrons. The van der Waals surface area contributed by atoms with Crippen molar-refractivity contribution in [1.82, 2.24) is 0 Å². The van der Waals surface area contributed by atoms with Gasteiger partial charge in [0.15, 0.2) is 6.61 Å². The van der Waals surface area contributed by atoms with E-state index in [-0.39, 0.29) is 10.6 Å². The van der Waals surface area contributed by atoms with Crippen LogP contribution >= 0.6 is 22.9 Å². The number of esters is 1. The molecule has 2 aromatic carbocycles. The predicted molar refractivity (Wildman–Crippen MR) is 98.8 cm³/mol. The lowest BCUT2D eigenvalue weighted by Crippen LogP contribution is -2.20. The smallest absolute Gasteiger partial charge is 0.348 e. The maximum absolute atomic E-state index is 12.1. The minimum Gasteiger partial charge on any atom is -0.451 e. The fraction of sp³-hybridized carbons (Fsp3) is 0.0588. The second kappa shape index (κ2) is 7.51. The summed E-state index contributed by atoms with van der Waals surface area (Å²) < 4.78 is 5.71. The van der Waals surface area contributed by atoms with Gasteiger partial charge in [0.1, 0.15) is 4.88 Å². The molecule has 0 saturated heterocycles. The molecule has 0 unspecified atom stereocenters. The lowest BCUT2D eigenvalue weighted by atomic mass is 10.2. The van der Waals surface area contributed by atoms with Gasteiger partial charge in [-0.3, -0.25) is 14.9 Å². The number of thiophene rings is 1. The number of nitrogens with zero attached hydrogens (tertiary/aromatic N) is 1. The number of halogens is 1. The van der Waals surface area contributed by atoms with E-state index in [2.05, 4.69) is 5.32 Å². The molecule has 0 fully saturated rings. The van der Waals surface area contributed by atoms with Crippen molar-refractivity contribution in [2.24, 2.45) is 0 Å². The molecule has 1 aromatic heterocycles. The summed E-state index contributed by atoms with van der Waals surface area (Å²) in [6.45, 7) is -0.449. The number of fused-ring (bicyclic) bond motifs is 1. The molecule has 1 amide bonds. The first-order valence-electron chi connectivity index (χ1n) is 7.33. The number of amides is 1. The van der Waals surface area contributed by atoms with Crippen molar-refractivity contribution in [2.75, 3.05) is 11.9 Å². The summed E-state index contributed by atoms with van der Waals surface area (Å²) in [7, 11) is 0. The zero-order chi connectivity index (χ0) is 18.7. The third-order valence-electron chi connectivity index (χ3n) is 3.37. The average molecular weight is 391 g/mol. The third-order valence-corrected chi connectivity index (χ3v) is 4.72. The molecule has 0 aliphatic rings. The molecule has 26 heavy (non-hydrogen) atoms. The number of rotatable bonds is 5. The zero-order valence-electron chi connectivity index (χ0n) is 13.1. The number of ether oxygens (including phenoxy) is 1. The van der Waals surface area contributed by atoms with E-state index in [0.717, 1.165) is 11.3 Å². The summed E-state index contributed by atoms with van der Waals surface area (Å²) >= 11 is 6.90. The Hall–Kier alpha value is -2.97. The molecular formula is C17H11ClN2O5S. The number of non-ortho nitro benzene ring substituents is 1. The number of benzene rings is 2. The molecule has 3 aromatic rings. The zero-order valence-corrected chi connectivity index (χ0v) is 14.7. The topological polar surface area (TPSA) is 98.5 Å². The highest BCUT2D eigenvalue weighted by Crippen LogP contribution is 2.29. The first-order chi connectivity index (χ1) is 12.4. The average Bonchev–Trinajstić information content (AvgIpc) is 3.05. The normalized spacial score (nSPS) is 10.5. The van der Waals surface area contributed by atoms with Crippen LogP contribution in [0.3, 0.4) is 0 Å². The molecule has 0 atom stereocenters. The van der Waals surface area contributed by atoms with Gasteiger partial charge in [-0.1, -0.05) is 11.6 Å². The van der Waals surface area contributed by atoms with E-state index in [1.165, 1.54) is 18.2 Å². The number of hydrogen-bond acceptors (Lipinski definition) is 6. The van der Waals surface area contributed by atoms with Gasteiger partial charge >= 0.3 is 5.97 Å². The summed E-state index contributed by atoms with van der Waals surface area (Å²) in [5.74, 6) is -1.16. The third kappa shape index (κ3) is 4.16. The molecule has 0 aliphatic carbocycles. The van der Waals surface area contributed by atoms with Crippen molar-refractivity contribution in [1.29, 1.82) is 0 Å². The van der Waals surface area contributed by atoms with E-state index in [9.17, 15) is 19.7 Å². The van der Waals surface area contributed by atoms with E-state index >= 15 is 0 Å². The Morgan fingerprint density at radius 3 is 2.58 bits per heavy atom. The molecule has 0 bridgehead atoms. The van der Waals surface area contributed by atoms with Gasteiger partial charge in [0.25, 0.3) is 11.6 Å². The highest BCUT2D eigenvalue weighted by molar-refractivity contribution is 7.20. The fourth-order valence-corrected chi connectivity index (χ4v) is 3.24. The standard InChI is InChI=1S/C17H11ClN2O5S/c18-11-1-3-12(4-2-11)19-16(21)9-25-17(22)15-8-10-7-13(20(23)24)5-6-14(10)26-15/h1-8H,9H2,(H,19,21). The van der Waals surface area contributed by atoms with Crippen LogP contribution in [0.4, 0.5) is 11.4 Å². The van der Waals surface area contributed by atoms with E-state index in [1.54, 1.807) is 30.3 Å². The van der Waals surface area contributed by atoms with Crippen molar-refractivity contribution in [3.8, 4) is 0 Å². The summed E-state index contributed by atoms with van der Waals surface area (Å²) in [5.41, 5.74) is 0.474. The second-order valence-electron chi connectivity index (χ2n) is 5.22. The minimum absolute atomic E-state index is 0.0578. The van der Waals surface area contributed by atoms with Crippen molar-refractivity contribution < 1.29 is 19.2 Å². The number of hydrogen-bond donors (Lipinski definition) is 1. The first-order valence-corrected chi connectivity index (χ1v) is 8.52. The Bertz CT molecular complexity index is 1000. The van der Waals surface area contributed by atoms with Gasteiger partial charge in [0, 0.05) is 32.9 Å². The number of nitro benzene ring substituents is 1. The maximum atomic E-state index is 12.1. The Kier molecular flexibility index (Phi) is 5.15. The van der Waals surface area contributed by atoms with Gasteiger partial charge < -0.3 is 10.1 Å². The van der Waals surface area contributed by atoms with Gasteiger partial charge in [-0.05, 0) is 36.4 Å². The van der Waals surface area contributed by atoms with Crippen LogP contribution in [-0.4, -0.2) is 23.4 Å². The summed E-state index contributed by atoms with van der Waals surface area (Å²) in [6, 6.07) is 12.3. The van der Waals surface area contributed by atoms with Crippen LogP contribution in [-0.2, 0) is 9.53 Å². The highest BCUT2D eigenvalue weighted by Gasteiger charge is 2.15. The number of carbonyl (C=O) groups excluding carboxylic acids is 2. The monoisotopic (exact) mass is 390 g/mol. The van der Waals surface area contributed by atoms with Gasteiger partial charge in [-0.15, -0.1) is 11.3 Å². The SMILES string of the molecule is O=C(COC(=O)c1cc2cc([N+](=O)[O-])ccc2s1)Nc1ccc(Cl)cc1. The Morgan fingerprint density at radius 1 is 1.15 bits per heavy atom. The lowest BCUT2D eigenvalue weighted by Gasteiger charge is -2.05. The molecule has 0 aliphatic heterocycles. The Balaban J connectivity index is 1.62. The van der Waals surface area contributed by atoms with Crippen LogP contribution in [0.5, 0.6) is 0 Å². The van der Waals surface area contributed by atoms with E-state index in [1.807, 2.05) is 0 Å². The lowest BCUT2D eigenvalue weighted by molar-refractivity contribution is -0.384. The van der Waals surface area contributed by atoms with Crippen molar-refractivity contribution in [3.63, 3.8) is 0 Å². The molecule has 0 spiro atoms. The Morgan fingerprint density at radius 2 is 1.88 bits per heavy atom. The highest BCUT2D eigenvalue weighted by atomic mass is 35.5. The second-order valence-corrected chi connectivity index (χ2v) is 6.74. The molecular weight excluding hydrogens is 380 g/mol. The number of carbonyl (C=O) groups is 2. The molecule has 7 nitrogen and oxygen atoms in total. The summed E-state index contributed by atoms with van der Waals surface area (Å²) in [6.07, 6.45) is 0. The van der Waals surface area contributed by atoms with Crippen LogP contribution in [0.2, 0.25) is 5.02 Å². The van der Waals surface area contributed by atoms with E-state index < -0.39 is 23.4 Å². The largest absolute Gasteiger partial charge is 0.451 e. The van der Waals surface area contributed by atoms with Crippen molar-refractivity contribution in [2.45, 2.75) is 0 Å². The predicted octanol–water partition coefficient (Wildman–Crippen LogP) is 4.26. The minimum atomic E-state index is -0.667. The van der Waals surface area contributed by atoms with Crippen molar-refractivity contribution in [3.05, 3.63) is 68.5 Å². The van der Waals surface area contributed by atoms with Gasteiger partial charge in [-0.2, -0.15) is 0 Å². The van der Waals surface area contributed by atoms with Crippen LogP contribution in [0.1, 0.15) is 9.67 Å². The molecule has 3 rings (SSSR count). The number of anilines is 1. The van der Waals surface area contributed by atoms with Crippen molar-refractivity contribution >= 4 is 56.3 Å². The molecule has 0 saturated carbocycles. The molecule has 132 valence electrons. The van der Waals surface area contributed by atoms with E-state index in [0.29, 0.717) is 20.8 Å². The fourth-order valence-electron chi connectivity index (χ4n) is 2.18. The van der Waals surface area contributed by atoms with Crippen LogP contribution in [0, 0.1) is 10.1 Å². The number of nitrogens with one attached hydrogen (secondary N) is 1. The van der Waals surface area contributed by atoms with Crippen LogP contribution < -0.4 is 5.32 Å².